The molecule has 1 atom stereocenters. The van der Waals surface area contributed by atoms with Crippen LogP contribution in [0.3, 0.4) is 0 Å². The SMILES string of the molecule is COc1cc(OC)cc(C(C)(C)NC(C)C(=O)On2nnc3ccccc3c2=O)c1. The van der Waals surface area contributed by atoms with Crippen LogP contribution in [0, 0.1) is 0 Å². The molecular formula is C21H24N4O5. The number of hydrogen-bond acceptors (Lipinski definition) is 8. The van der Waals surface area contributed by atoms with Crippen LogP contribution in [0.5, 0.6) is 11.5 Å². The zero-order chi connectivity index (χ0) is 21.9. The molecule has 0 amide bonds. The van der Waals surface area contributed by atoms with Crippen LogP contribution < -0.4 is 25.2 Å². The summed E-state index contributed by atoms with van der Waals surface area (Å²) in [6, 6.07) is 11.4. The van der Waals surface area contributed by atoms with Gasteiger partial charge in [0.1, 0.15) is 23.1 Å². The number of benzene rings is 2. The maximum absolute atomic E-state index is 12.6. The minimum atomic E-state index is -0.752. The Labute approximate surface area is 173 Å². The van der Waals surface area contributed by atoms with Gasteiger partial charge in [-0.1, -0.05) is 12.1 Å². The van der Waals surface area contributed by atoms with Crippen molar-refractivity contribution in [1.29, 1.82) is 0 Å². The van der Waals surface area contributed by atoms with Gasteiger partial charge in [-0.15, -0.1) is 5.10 Å². The fraction of sp³-hybridized carbons (Fsp3) is 0.333. The van der Waals surface area contributed by atoms with E-state index in [1.54, 1.807) is 51.5 Å². The fourth-order valence-corrected chi connectivity index (χ4v) is 3.05. The van der Waals surface area contributed by atoms with Gasteiger partial charge in [-0.25, -0.2) is 4.79 Å². The Bertz CT molecular complexity index is 1100. The van der Waals surface area contributed by atoms with Crippen molar-refractivity contribution in [3.05, 3.63) is 58.4 Å². The normalized spacial score (nSPS) is 12.4. The molecule has 0 saturated heterocycles. The van der Waals surface area contributed by atoms with Gasteiger partial charge >= 0.3 is 11.5 Å². The number of methoxy groups -OCH3 is 2. The number of rotatable bonds is 7. The third kappa shape index (κ3) is 4.41. The molecule has 1 unspecified atom stereocenters. The number of fused-ring (bicyclic) bond motifs is 1. The molecular weight excluding hydrogens is 388 g/mol. The van der Waals surface area contributed by atoms with E-state index in [9.17, 15) is 9.59 Å². The molecule has 1 aromatic heterocycles. The van der Waals surface area contributed by atoms with Crippen LogP contribution >= 0.6 is 0 Å². The fourth-order valence-electron chi connectivity index (χ4n) is 3.05. The van der Waals surface area contributed by atoms with Crippen LogP contribution in [0.1, 0.15) is 26.3 Å². The molecule has 0 spiro atoms. The molecule has 3 rings (SSSR count). The van der Waals surface area contributed by atoms with Crippen LogP contribution in [0.2, 0.25) is 0 Å². The molecule has 9 heteroatoms. The van der Waals surface area contributed by atoms with Gasteiger partial charge in [0.15, 0.2) is 0 Å². The van der Waals surface area contributed by atoms with Crippen molar-refractivity contribution in [2.45, 2.75) is 32.4 Å². The summed E-state index contributed by atoms with van der Waals surface area (Å²) < 4.78 is 10.6. The highest BCUT2D eigenvalue weighted by atomic mass is 16.7. The molecule has 3 aromatic rings. The first-order valence-corrected chi connectivity index (χ1v) is 9.33. The molecule has 0 aliphatic heterocycles. The molecule has 1 heterocycles. The van der Waals surface area contributed by atoms with E-state index in [0.717, 1.165) is 5.56 Å². The van der Waals surface area contributed by atoms with E-state index in [-0.39, 0.29) is 0 Å². The van der Waals surface area contributed by atoms with Crippen molar-refractivity contribution in [1.82, 2.24) is 20.5 Å². The maximum Gasteiger partial charge on any atom is 0.351 e. The summed E-state index contributed by atoms with van der Waals surface area (Å²) in [7, 11) is 3.14. The van der Waals surface area contributed by atoms with E-state index < -0.39 is 23.1 Å². The third-order valence-corrected chi connectivity index (χ3v) is 4.72. The first-order chi connectivity index (χ1) is 14.2. The minimum Gasteiger partial charge on any atom is -0.497 e. The summed E-state index contributed by atoms with van der Waals surface area (Å²) in [5.74, 6) is 0.588. The van der Waals surface area contributed by atoms with Gasteiger partial charge in [0.25, 0.3) is 0 Å². The largest absolute Gasteiger partial charge is 0.497 e. The molecule has 30 heavy (non-hydrogen) atoms. The quantitative estimate of drug-likeness (QED) is 0.585. The van der Waals surface area contributed by atoms with Crippen molar-refractivity contribution < 1.29 is 19.1 Å². The first-order valence-electron chi connectivity index (χ1n) is 9.33. The van der Waals surface area contributed by atoms with Crippen LogP contribution in [0.15, 0.2) is 47.3 Å². The summed E-state index contributed by atoms with van der Waals surface area (Å²) >= 11 is 0. The van der Waals surface area contributed by atoms with Crippen LogP contribution in [0.4, 0.5) is 0 Å². The zero-order valence-electron chi connectivity index (χ0n) is 17.5. The number of nitrogens with zero attached hydrogens (tertiary/aromatic N) is 3. The van der Waals surface area contributed by atoms with Crippen molar-refractivity contribution in [2.75, 3.05) is 14.2 Å². The molecule has 0 aliphatic rings. The predicted molar refractivity (Wildman–Crippen MR) is 111 cm³/mol. The predicted octanol–water partition coefficient (Wildman–Crippen LogP) is 1.68. The Hall–Kier alpha value is -3.46. The Morgan fingerprint density at radius 3 is 2.37 bits per heavy atom. The van der Waals surface area contributed by atoms with E-state index >= 15 is 0 Å². The average Bonchev–Trinajstić information content (AvgIpc) is 2.75. The Morgan fingerprint density at radius 1 is 1.10 bits per heavy atom. The van der Waals surface area contributed by atoms with Gasteiger partial charge in [-0.2, -0.15) is 0 Å². The van der Waals surface area contributed by atoms with E-state index in [1.807, 2.05) is 26.0 Å². The number of carbonyl (C=O) groups excluding carboxylic acids is 1. The zero-order valence-corrected chi connectivity index (χ0v) is 17.5. The lowest BCUT2D eigenvalue weighted by molar-refractivity contribution is -0.149. The molecule has 0 radical (unpaired) electrons. The second kappa shape index (κ2) is 8.50. The number of carbonyl (C=O) groups is 1. The molecule has 0 aliphatic carbocycles. The molecule has 0 bridgehead atoms. The Morgan fingerprint density at radius 2 is 1.73 bits per heavy atom. The van der Waals surface area contributed by atoms with Gasteiger partial charge in [-0.05, 0) is 60.7 Å². The van der Waals surface area contributed by atoms with Crippen molar-refractivity contribution >= 4 is 16.9 Å². The first kappa shape index (κ1) is 21.3. The minimum absolute atomic E-state index is 0.310. The van der Waals surface area contributed by atoms with E-state index in [2.05, 4.69) is 15.6 Å². The van der Waals surface area contributed by atoms with Crippen molar-refractivity contribution in [3.63, 3.8) is 0 Å². The topological polar surface area (TPSA) is 105 Å². The molecule has 9 nitrogen and oxygen atoms in total. The molecule has 1 N–H and O–H groups in total. The van der Waals surface area contributed by atoms with Crippen LogP contribution in [0.25, 0.3) is 10.9 Å². The van der Waals surface area contributed by atoms with E-state index in [1.165, 1.54) is 0 Å². The average molecular weight is 412 g/mol. The van der Waals surface area contributed by atoms with Gasteiger partial charge in [0, 0.05) is 11.6 Å². The molecule has 0 saturated carbocycles. The molecule has 158 valence electrons. The lowest BCUT2D eigenvalue weighted by Crippen LogP contribution is -2.50. The van der Waals surface area contributed by atoms with Crippen LogP contribution in [-0.4, -0.2) is 41.4 Å². The second-order valence-corrected chi connectivity index (χ2v) is 7.29. The monoisotopic (exact) mass is 412 g/mol. The Balaban J connectivity index is 1.78. The lowest BCUT2D eigenvalue weighted by Gasteiger charge is -2.30. The number of ether oxygens (including phenoxy) is 2. The van der Waals surface area contributed by atoms with Gasteiger partial charge in [-0.3, -0.25) is 10.1 Å². The Kier molecular flexibility index (Phi) is 6.02. The van der Waals surface area contributed by atoms with E-state index in [4.69, 9.17) is 14.3 Å². The standard InChI is InChI=1S/C21H24N4O5/c1-13(22-21(2,3)14-10-15(28-4)12-16(11-14)29-5)20(27)30-25-19(26)17-8-6-7-9-18(17)23-24-25/h6-13,22H,1-5H3. The summed E-state index contributed by atoms with van der Waals surface area (Å²) in [6.45, 7) is 5.46. The highest BCUT2D eigenvalue weighted by Crippen LogP contribution is 2.30. The lowest BCUT2D eigenvalue weighted by atomic mass is 9.93. The van der Waals surface area contributed by atoms with Gasteiger partial charge in [0.05, 0.1) is 19.6 Å². The summed E-state index contributed by atoms with van der Waals surface area (Å²) in [4.78, 5) is 30.8. The summed E-state index contributed by atoms with van der Waals surface area (Å²) in [5.41, 5.74) is 0.0772. The third-order valence-electron chi connectivity index (χ3n) is 4.72. The maximum atomic E-state index is 12.6. The highest BCUT2D eigenvalue weighted by Gasteiger charge is 2.28. The van der Waals surface area contributed by atoms with Crippen LogP contribution in [-0.2, 0) is 10.3 Å². The number of hydrogen-bond donors (Lipinski definition) is 1. The number of aromatic nitrogens is 3. The molecule has 0 fully saturated rings. The van der Waals surface area contributed by atoms with Gasteiger partial charge in [0.2, 0.25) is 0 Å². The molecule has 2 aromatic carbocycles. The van der Waals surface area contributed by atoms with Crippen molar-refractivity contribution in [2.24, 2.45) is 0 Å². The van der Waals surface area contributed by atoms with Gasteiger partial charge < -0.3 is 14.3 Å². The number of nitrogens with one attached hydrogen (secondary N) is 1. The van der Waals surface area contributed by atoms with Crippen molar-refractivity contribution in [3.8, 4) is 11.5 Å². The second-order valence-electron chi connectivity index (χ2n) is 7.29. The summed E-state index contributed by atoms with van der Waals surface area (Å²) in [6.07, 6.45) is 0. The summed E-state index contributed by atoms with van der Waals surface area (Å²) in [5, 5.41) is 11.1. The highest BCUT2D eigenvalue weighted by molar-refractivity contribution is 5.77. The van der Waals surface area contributed by atoms with E-state index in [0.29, 0.717) is 27.2 Å². The smallest absolute Gasteiger partial charge is 0.351 e.